The van der Waals surface area contributed by atoms with Crippen LogP contribution in [0.2, 0.25) is 0 Å². The van der Waals surface area contributed by atoms with Gasteiger partial charge in [-0.05, 0) is 26.0 Å². The molecule has 0 spiro atoms. The predicted octanol–water partition coefficient (Wildman–Crippen LogP) is 2.05. The van der Waals surface area contributed by atoms with E-state index in [1.54, 1.807) is 7.11 Å². The van der Waals surface area contributed by atoms with Crippen LogP contribution in [0.15, 0.2) is 18.3 Å². The molecule has 1 aromatic heterocycles. The van der Waals surface area contributed by atoms with Crippen molar-refractivity contribution in [1.82, 2.24) is 10.3 Å². The number of methoxy groups -OCH3 is 1. The molecule has 0 unspecified atom stereocenters. The van der Waals surface area contributed by atoms with Crippen LogP contribution in [0.25, 0.3) is 0 Å². The average molecular weight is 251 g/mol. The Kier molecular flexibility index (Phi) is 7.37. The zero-order valence-electron chi connectivity index (χ0n) is 11.8. The minimum Gasteiger partial charge on any atom is -0.383 e. The fourth-order valence-corrected chi connectivity index (χ4v) is 1.87. The van der Waals surface area contributed by atoms with Crippen LogP contribution < -0.4 is 10.2 Å². The van der Waals surface area contributed by atoms with Crippen molar-refractivity contribution in [3.8, 4) is 0 Å². The predicted molar refractivity (Wildman–Crippen MR) is 76.0 cm³/mol. The minimum atomic E-state index is 0.728. The summed E-state index contributed by atoms with van der Waals surface area (Å²) in [5.41, 5.74) is 1.25. The summed E-state index contributed by atoms with van der Waals surface area (Å²) in [6, 6.07) is 4.14. The molecular weight excluding hydrogens is 226 g/mol. The topological polar surface area (TPSA) is 37.4 Å². The maximum Gasteiger partial charge on any atom is 0.133 e. The van der Waals surface area contributed by atoms with E-state index < -0.39 is 0 Å². The number of ether oxygens (including phenoxy) is 1. The number of anilines is 1. The van der Waals surface area contributed by atoms with E-state index in [-0.39, 0.29) is 0 Å². The molecular formula is C14H25N3O. The molecule has 1 aromatic rings. The Morgan fingerprint density at radius 1 is 1.39 bits per heavy atom. The zero-order chi connectivity index (χ0) is 13.2. The van der Waals surface area contributed by atoms with Crippen LogP contribution in [-0.2, 0) is 11.3 Å². The van der Waals surface area contributed by atoms with Gasteiger partial charge in [0.15, 0.2) is 0 Å². The van der Waals surface area contributed by atoms with E-state index in [0.717, 1.165) is 45.0 Å². The number of hydrogen-bond donors (Lipinski definition) is 1. The molecule has 0 saturated heterocycles. The first kappa shape index (κ1) is 14.9. The fourth-order valence-electron chi connectivity index (χ4n) is 1.87. The summed E-state index contributed by atoms with van der Waals surface area (Å²) in [6.07, 6.45) is 3.00. The van der Waals surface area contributed by atoms with Gasteiger partial charge in [-0.15, -0.1) is 0 Å². The van der Waals surface area contributed by atoms with E-state index in [1.165, 1.54) is 5.56 Å². The standard InChI is InChI=1S/C14H25N3O/c1-4-8-15-12-13-7-6-9-16-14(13)17(5-2)10-11-18-3/h6-7,9,15H,4-5,8,10-12H2,1-3H3. The molecule has 0 amide bonds. The molecule has 0 aliphatic rings. The second kappa shape index (κ2) is 8.89. The largest absolute Gasteiger partial charge is 0.383 e. The van der Waals surface area contributed by atoms with Crippen LogP contribution in [0.1, 0.15) is 25.8 Å². The Labute approximate surface area is 110 Å². The lowest BCUT2D eigenvalue weighted by Crippen LogP contribution is -2.29. The number of nitrogens with zero attached hydrogens (tertiary/aromatic N) is 2. The lowest BCUT2D eigenvalue weighted by atomic mass is 10.2. The number of rotatable bonds is 9. The van der Waals surface area contributed by atoms with Crippen molar-refractivity contribution in [1.29, 1.82) is 0 Å². The molecule has 0 fully saturated rings. The Bertz CT molecular complexity index is 331. The molecule has 1 rings (SSSR count). The summed E-state index contributed by atoms with van der Waals surface area (Å²) < 4.78 is 5.15. The van der Waals surface area contributed by atoms with Crippen molar-refractivity contribution in [3.63, 3.8) is 0 Å². The van der Waals surface area contributed by atoms with Gasteiger partial charge in [-0.2, -0.15) is 0 Å². The lowest BCUT2D eigenvalue weighted by Gasteiger charge is -2.24. The quantitative estimate of drug-likeness (QED) is 0.682. The van der Waals surface area contributed by atoms with Gasteiger partial charge in [-0.3, -0.25) is 0 Å². The van der Waals surface area contributed by atoms with Gasteiger partial charge in [0.2, 0.25) is 0 Å². The van der Waals surface area contributed by atoms with Crippen LogP contribution in [0.4, 0.5) is 5.82 Å². The highest BCUT2D eigenvalue weighted by atomic mass is 16.5. The van der Waals surface area contributed by atoms with Crippen LogP contribution in [-0.4, -0.2) is 38.3 Å². The first-order valence-electron chi connectivity index (χ1n) is 6.72. The molecule has 0 saturated carbocycles. The Hall–Kier alpha value is -1.13. The molecule has 1 N–H and O–H groups in total. The minimum absolute atomic E-state index is 0.728. The van der Waals surface area contributed by atoms with Gasteiger partial charge >= 0.3 is 0 Å². The summed E-state index contributed by atoms with van der Waals surface area (Å²) in [5.74, 6) is 1.07. The Morgan fingerprint density at radius 3 is 2.89 bits per heavy atom. The fraction of sp³-hybridized carbons (Fsp3) is 0.643. The van der Waals surface area contributed by atoms with Gasteiger partial charge in [-0.25, -0.2) is 4.98 Å². The lowest BCUT2D eigenvalue weighted by molar-refractivity contribution is 0.205. The van der Waals surface area contributed by atoms with E-state index >= 15 is 0 Å². The zero-order valence-corrected chi connectivity index (χ0v) is 11.8. The second-order valence-corrected chi connectivity index (χ2v) is 4.24. The van der Waals surface area contributed by atoms with E-state index in [2.05, 4.69) is 35.1 Å². The van der Waals surface area contributed by atoms with Crippen LogP contribution in [0.3, 0.4) is 0 Å². The first-order valence-corrected chi connectivity index (χ1v) is 6.72. The van der Waals surface area contributed by atoms with Crippen molar-refractivity contribution in [2.24, 2.45) is 0 Å². The smallest absolute Gasteiger partial charge is 0.133 e. The van der Waals surface area contributed by atoms with Crippen LogP contribution in [0, 0.1) is 0 Å². The Morgan fingerprint density at radius 2 is 2.22 bits per heavy atom. The van der Waals surface area contributed by atoms with Gasteiger partial charge in [-0.1, -0.05) is 13.0 Å². The van der Waals surface area contributed by atoms with Crippen molar-refractivity contribution in [2.45, 2.75) is 26.8 Å². The van der Waals surface area contributed by atoms with Gasteiger partial charge in [0.05, 0.1) is 6.61 Å². The number of pyridine rings is 1. The number of aromatic nitrogens is 1. The molecule has 4 nitrogen and oxygen atoms in total. The van der Waals surface area contributed by atoms with E-state index in [0.29, 0.717) is 0 Å². The molecule has 18 heavy (non-hydrogen) atoms. The SMILES string of the molecule is CCCNCc1cccnc1N(CC)CCOC. The first-order chi connectivity index (χ1) is 8.83. The third-order valence-electron chi connectivity index (χ3n) is 2.86. The average Bonchev–Trinajstić information content (AvgIpc) is 2.41. The summed E-state index contributed by atoms with van der Waals surface area (Å²) >= 11 is 0. The highest BCUT2D eigenvalue weighted by Gasteiger charge is 2.10. The van der Waals surface area contributed by atoms with E-state index in [9.17, 15) is 0 Å². The number of likely N-dealkylation sites (N-methyl/N-ethyl adjacent to an activating group) is 1. The summed E-state index contributed by atoms with van der Waals surface area (Å²) in [7, 11) is 1.73. The van der Waals surface area contributed by atoms with Gasteiger partial charge in [0.1, 0.15) is 5.82 Å². The van der Waals surface area contributed by atoms with Crippen molar-refractivity contribution >= 4 is 5.82 Å². The Balaban J connectivity index is 2.71. The molecule has 0 atom stereocenters. The van der Waals surface area contributed by atoms with Gasteiger partial charge in [0.25, 0.3) is 0 Å². The molecule has 1 heterocycles. The van der Waals surface area contributed by atoms with Gasteiger partial charge in [0, 0.05) is 38.5 Å². The number of hydrogen-bond acceptors (Lipinski definition) is 4. The third-order valence-corrected chi connectivity index (χ3v) is 2.86. The highest BCUT2D eigenvalue weighted by molar-refractivity contribution is 5.46. The number of nitrogens with one attached hydrogen (secondary N) is 1. The maximum absolute atomic E-state index is 5.15. The van der Waals surface area contributed by atoms with E-state index in [1.807, 2.05) is 12.3 Å². The van der Waals surface area contributed by atoms with Crippen LogP contribution in [0.5, 0.6) is 0 Å². The summed E-state index contributed by atoms with van der Waals surface area (Å²) in [4.78, 5) is 6.77. The molecule has 102 valence electrons. The van der Waals surface area contributed by atoms with E-state index in [4.69, 9.17) is 4.74 Å². The van der Waals surface area contributed by atoms with Crippen LogP contribution >= 0.6 is 0 Å². The molecule has 0 aromatic carbocycles. The molecule has 0 radical (unpaired) electrons. The normalized spacial score (nSPS) is 10.6. The summed E-state index contributed by atoms with van der Waals surface area (Å²) in [5, 5.41) is 3.43. The monoisotopic (exact) mass is 251 g/mol. The molecule has 4 heteroatoms. The molecule has 0 aliphatic carbocycles. The second-order valence-electron chi connectivity index (χ2n) is 4.24. The maximum atomic E-state index is 5.15. The van der Waals surface area contributed by atoms with Gasteiger partial charge < -0.3 is 15.0 Å². The third kappa shape index (κ3) is 4.63. The molecule has 0 aliphatic heterocycles. The van der Waals surface area contributed by atoms with Crippen molar-refractivity contribution in [3.05, 3.63) is 23.9 Å². The van der Waals surface area contributed by atoms with Crippen molar-refractivity contribution in [2.75, 3.05) is 38.3 Å². The highest BCUT2D eigenvalue weighted by Crippen LogP contribution is 2.16. The van der Waals surface area contributed by atoms with Crippen molar-refractivity contribution < 1.29 is 4.74 Å². The summed E-state index contributed by atoms with van der Waals surface area (Å²) in [6.45, 7) is 8.79. The molecule has 0 bridgehead atoms.